The fraction of sp³-hybridized carbons (Fsp3) is 0.364. The number of pyridine rings is 1. The highest BCUT2D eigenvalue weighted by molar-refractivity contribution is 5.52. The van der Waals surface area contributed by atoms with Crippen LogP contribution in [0, 0.1) is 0 Å². The summed E-state index contributed by atoms with van der Waals surface area (Å²) in [4.78, 5) is 8.32. The first kappa shape index (κ1) is 11.7. The lowest BCUT2D eigenvalue weighted by atomic mass is 10.2. The summed E-state index contributed by atoms with van der Waals surface area (Å²) in [7, 11) is 0. The summed E-state index contributed by atoms with van der Waals surface area (Å²) in [5.74, 6) is 0.991. The first-order valence-electron chi connectivity index (χ1n) is 5.39. The van der Waals surface area contributed by atoms with Crippen LogP contribution in [0.5, 0.6) is 0 Å². The average Bonchev–Trinajstić information content (AvgIpc) is 2.85. The van der Waals surface area contributed by atoms with E-state index in [0.717, 1.165) is 11.3 Å². The second kappa shape index (κ2) is 5.51. The first-order chi connectivity index (χ1) is 8.33. The summed E-state index contributed by atoms with van der Waals surface area (Å²) in [6.45, 7) is 3.27. The fourth-order valence-electron chi connectivity index (χ4n) is 1.35. The van der Waals surface area contributed by atoms with Gasteiger partial charge in [0, 0.05) is 24.9 Å². The Hall–Kier alpha value is -1.79. The fourth-order valence-corrected chi connectivity index (χ4v) is 1.35. The third kappa shape index (κ3) is 2.86. The number of rotatable bonds is 5. The van der Waals surface area contributed by atoms with Gasteiger partial charge in [0.2, 0.25) is 0 Å². The lowest BCUT2D eigenvalue weighted by Gasteiger charge is -1.97. The maximum Gasteiger partial charge on any atom is 0.258 e. The van der Waals surface area contributed by atoms with E-state index in [0.29, 0.717) is 31.5 Å². The van der Waals surface area contributed by atoms with E-state index < -0.39 is 0 Å². The van der Waals surface area contributed by atoms with Gasteiger partial charge in [-0.2, -0.15) is 4.98 Å². The molecule has 2 aromatic rings. The molecule has 0 spiro atoms. The summed E-state index contributed by atoms with van der Waals surface area (Å²) in [6, 6.07) is 3.63. The quantitative estimate of drug-likeness (QED) is 0.834. The molecule has 0 unspecified atom stereocenters. The van der Waals surface area contributed by atoms with Gasteiger partial charge in [0.15, 0.2) is 5.82 Å². The van der Waals surface area contributed by atoms with Gasteiger partial charge in [-0.1, -0.05) is 5.16 Å². The van der Waals surface area contributed by atoms with Crippen molar-refractivity contribution in [2.24, 2.45) is 5.73 Å². The third-order valence-electron chi connectivity index (χ3n) is 2.18. The monoisotopic (exact) mass is 234 g/mol. The number of nitrogens with two attached hydrogens (primary N) is 1. The number of ether oxygens (including phenoxy) is 1. The Kier molecular flexibility index (Phi) is 3.79. The largest absolute Gasteiger partial charge is 0.374 e. The molecule has 0 aliphatic rings. The van der Waals surface area contributed by atoms with E-state index in [2.05, 4.69) is 15.1 Å². The van der Waals surface area contributed by atoms with Crippen molar-refractivity contribution in [2.45, 2.75) is 20.1 Å². The molecule has 90 valence electrons. The zero-order chi connectivity index (χ0) is 12.1. The van der Waals surface area contributed by atoms with E-state index in [1.54, 1.807) is 12.3 Å². The van der Waals surface area contributed by atoms with E-state index in [-0.39, 0.29) is 0 Å². The van der Waals surface area contributed by atoms with Crippen LogP contribution in [0.3, 0.4) is 0 Å². The standard InChI is InChI=1S/C11H14N4O2/c1-2-16-7-10-14-11(17-15-10)8-3-4-13-9(5-8)6-12/h3-5H,2,6-7,12H2,1H3. The molecule has 2 N–H and O–H groups in total. The van der Waals surface area contributed by atoms with E-state index in [1.807, 2.05) is 13.0 Å². The number of hydrogen-bond acceptors (Lipinski definition) is 6. The highest BCUT2D eigenvalue weighted by atomic mass is 16.5. The summed E-state index contributed by atoms with van der Waals surface area (Å²) in [5.41, 5.74) is 7.12. The first-order valence-corrected chi connectivity index (χ1v) is 5.39. The zero-order valence-electron chi connectivity index (χ0n) is 9.59. The van der Waals surface area contributed by atoms with Gasteiger partial charge >= 0.3 is 0 Å². The molecule has 0 saturated heterocycles. The third-order valence-corrected chi connectivity index (χ3v) is 2.18. The highest BCUT2D eigenvalue weighted by Gasteiger charge is 2.09. The smallest absolute Gasteiger partial charge is 0.258 e. The molecule has 0 aromatic carbocycles. The normalized spacial score (nSPS) is 10.7. The van der Waals surface area contributed by atoms with Crippen LogP contribution >= 0.6 is 0 Å². The maximum absolute atomic E-state index is 5.52. The zero-order valence-corrected chi connectivity index (χ0v) is 9.59. The van der Waals surface area contributed by atoms with Crippen LogP contribution < -0.4 is 5.73 Å². The minimum absolute atomic E-state index is 0.356. The van der Waals surface area contributed by atoms with Gasteiger partial charge in [-0.3, -0.25) is 4.98 Å². The topological polar surface area (TPSA) is 87.1 Å². The van der Waals surface area contributed by atoms with Crippen molar-refractivity contribution in [1.29, 1.82) is 0 Å². The Labute approximate surface area is 98.8 Å². The second-order valence-corrected chi connectivity index (χ2v) is 3.39. The molecule has 2 aromatic heterocycles. The van der Waals surface area contributed by atoms with Crippen molar-refractivity contribution >= 4 is 0 Å². The van der Waals surface area contributed by atoms with E-state index in [4.69, 9.17) is 15.0 Å². The van der Waals surface area contributed by atoms with E-state index >= 15 is 0 Å². The van der Waals surface area contributed by atoms with Crippen molar-refractivity contribution in [1.82, 2.24) is 15.1 Å². The SMILES string of the molecule is CCOCc1noc(-c2ccnc(CN)c2)n1. The maximum atomic E-state index is 5.52. The van der Waals surface area contributed by atoms with Crippen LogP contribution in [0.15, 0.2) is 22.9 Å². The Morgan fingerprint density at radius 2 is 2.35 bits per heavy atom. The van der Waals surface area contributed by atoms with Gasteiger partial charge < -0.3 is 15.0 Å². The van der Waals surface area contributed by atoms with Crippen LogP contribution in [0.2, 0.25) is 0 Å². The lowest BCUT2D eigenvalue weighted by Crippen LogP contribution is -1.99. The van der Waals surface area contributed by atoms with Crippen molar-refractivity contribution in [2.75, 3.05) is 6.61 Å². The van der Waals surface area contributed by atoms with Gasteiger partial charge in [0.25, 0.3) is 5.89 Å². The molecule has 17 heavy (non-hydrogen) atoms. The summed E-state index contributed by atoms with van der Waals surface area (Å²) < 4.78 is 10.3. The summed E-state index contributed by atoms with van der Waals surface area (Å²) in [6.07, 6.45) is 1.67. The Balaban J connectivity index is 2.18. The molecular formula is C11H14N4O2. The molecule has 2 heterocycles. The second-order valence-electron chi connectivity index (χ2n) is 3.39. The molecule has 0 radical (unpaired) electrons. The summed E-state index contributed by atoms with van der Waals surface area (Å²) >= 11 is 0. The molecule has 0 atom stereocenters. The predicted molar refractivity (Wildman–Crippen MR) is 60.8 cm³/mol. The molecule has 0 aliphatic carbocycles. The highest BCUT2D eigenvalue weighted by Crippen LogP contribution is 2.17. The minimum atomic E-state index is 0.356. The Morgan fingerprint density at radius 1 is 1.47 bits per heavy atom. The van der Waals surface area contributed by atoms with Crippen molar-refractivity contribution in [3.8, 4) is 11.5 Å². The Bertz CT molecular complexity index is 484. The molecular weight excluding hydrogens is 220 g/mol. The van der Waals surface area contributed by atoms with Crippen molar-refractivity contribution in [3.05, 3.63) is 29.8 Å². The van der Waals surface area contributed by atoms with Crippen molar-refractivity contribution in [3.63, 3.8) is 0 Å². The minimum Gasteiger partial charge on any atom is -0.374 e. The molecule has 2 rings (SSSR count). The Morgan fingerprint density at radius 3 is 3.12 bits per heavy atom. The predicted octanol–water partition coefficient (Wildman–Crippen LogP) is 1.13. The van der Waals surface area contributed by atoms with Crippen LogP contribution in [-0.4, -0.2) is 21.7 Å². The van der Waals surface area contributed by atoms with Gasteiger partial charge in [-0.25, -0.2) is 0 Å². The molecule has 0 amide bonds. The van der Waals surface area contributed by atoms with Crippen LogP contribution in [0.4, 0.5) is 0 Å². The van der Waals surface area contributed by atoms with Crippen molar-refractivity contribution < 1.29 is 9.26 Å². The van der Waals surface area contributed by atoms with Gasteiger partial charge in [-0.15, -0.1) is 0 Å². The number of hydrogen-bond donors (Lipinski definition) is 1. The van der Waals surface area contributed by atoms with E-state index in [9.17, 15) is 0 Å². The summed E-state index contributed by atoms with van der Waals surface area (Å²) in [5, 5.41) is 3.82. The molecule has 0 saturated carbocycles. The number of nitrogens with zero attached hydrogens (tertiary/aromatic N) is 3. The van der Waals surface area contributed by atoms with Gasteiger partial charge in [0.1, 0.15) is 6.61 Å². The average molecular weight is 234 g/mol. The van der Waals surface area contributed by atoms with Crippen LogP contribution in [-0.2, 0) is 17.9 Å². The molecule has 0 aliphatic heterocycles. The van der Waals surface area contributed by atoms with Crippen LogP contribution in [0.25, 0.3) is 11.5 Å². The van der Waals surface area contributed by atoms with E-state index in [1.165, 1.54) is 0 Å². The molecule has 6 heteroatoms. The molecule has 6 nitrogen and oxygen atoms in total. The molecule has 0 bridgehead atoms. The van der Waals surface area contributed by atoms with Gasteiger partial charge in [-0.05, 0) is 19.1 Å². The van der Waals surface area contributed by atoms with Gasteiger partial charge in [0.05, 0.1) is 5.69 Å². The lowest BCUT2D eigenvalue weighted by molar-refractivity contribution is 0.126. The van der Waals surface area contributed by atoms with Crippen LogP contribution in [0.1, 0.15) is 18.4 Å². The molecule has 0 fully saturated rings. The number of aromatic nitrogens is 3.